The zero-order valence-corrected chi connectivity index (χ0v) is 15.5. The Balaban J connectivity index is 0.00000312. The second-order valence-corrected chi connectivity index (χ2v) is 6.63. The minimum absolute atomic E-state index is 0. The van der Waals surface area contributed by atoms with E-state index in [9.17, 15) is 18.4 Å². The van der Waals surface area contributed by atoms with E-state index < -0.39 is 23.2 Å². The molecule has 0 spiro atoms. The van der Waals surface area contributed by atoms with E-state index >= 15 is 0 Å². The molecular weight excluding hydrogens is 372 g/mol. The van der Waals surface area contributed by atoms with Crippen LogP contribution in [0.15, 0.2) is 18.2 Å². The van der Waals surface area contributed by atoms with Gasteiger partial charge in [0.1, 0.15) is 17.3 Å². The lowest BCUT2D eigenvalue weighted by molar-refractivity contribution is -0.134. The van der Waals surface area contributed by atoms with Crippen molar-refractivity contribution in [2.45, 2.75) is 19.4 Å². The van der Waals surface area contributed by atoms with Crippen LogP contribution in [-0.2, 0) is 9.59 Å². The predicted octanol–water partition coefficient (Wildman–Crippen LogP) is 2.27. The van der Waals surface area contributed by atoms with Crippen molar-refractivity contribution in [3.05, 3.63) is 29.8 Å². The first-order valence-corrected chi connectivity index (χ1v) is 8.99. The van der Waals surface area contributed by atoms with Crippen LogP contribution < -0.4 is 10.6 Å². The number of halogens is 3. The molecule has 1 fully saturated rings. The van der Waals surface area contributed by atoms with Gasteiger partial charge in [0, 0.05) is 37.1 Å². The van der Waals surface area contributed by atoms with Gasteiger partial charge >= 0.3 is 0 Å². The molecule has 25 heavy (non-hydrogen) atoms. The summed E-state index contributed by atoms with van der Waals surface area (Å²) in [5, 5.41) is 5.47. The van der Waals surface area contributed by atoms with Crippen LogP contribution in [0, 0.1) is 11.6 Å². The van der Waals surface area contributed by atoms with Crippen LogP contribution in [-0.4, -0.2) is 53.9 Å². The molecule has 1 atom stereocenters. The zero-order valence-electron chi connectivity index (χ0n) is 13.9. The van der Waals surface area contributed by atoms with Crippen LogP contribution in [0.1, 0.15) is 13.3 Å². The predicted molar refractivity (Wildman–Crippen MR) is 98.2 cm³/mol. The van der Waals surface area contributed by atoms with Crippen LogP contribution in [0.3, 0.4) is 0 Å². The van der Waals surface area contributed by atoms with E-state index in [2.05, 4.69) is 10.6 Å². The van der Waals surface area contributed by atoms with Gasteiger partial charge in [0.25, 0.3) is 0 Å². The monoisotopic (exact) mass is 393 g/mol. The molecular formula is C16H22ClF2N3O2S. The lowest BCUT2D eigenvalue weighted by atomic mass is 10.2. The number of nitrogens with zero attached hydrogens (tertiary/aromatic N) is 1. The average molecular weight is 394 g/mol. The van der Waals surface area contributed by atoms with Gasteiger partial charge in [0.05, 0.1) is 6.54 Å². The quantitative estimate of drug-likeness (QED) is 0.778. The van der Waals surface area contributed by atoms with Crippen molar-refractivity contribution < 1.29 is 18.4 Å². The van der Waals surface area contributed by atoms with Gasteiger partial charge in [0.15, 0.2) is 0 Å². The summed E-state index contributed by atoms with van der Waals surface area (Å²) < 4.78 is 27.1. The minimum atomic E-state index is -0.846. The lowest BCUT2D eigenvalue weighted by Gasteiger charge is -2.26. The van der Waals surface area contributed by atoms with Gasteiger partial charge in [-0.15, -0.1) is 12.4 Å². The molecule has 0 bridgehead atoms. The molecule has 140 valence electrons. The SMILES string of the molecule is CCN(CC(=O)Nc1c(F)cccc1F)C(=O)CC1CSCCN1.Cl. The summed E-state index contributed by atoms with van der Waals surface area (Å²) in [6.45, 7) is 2.74. The van der Waals surface area contributed by atoms with Crippen molar-refractivity contribution in [1.82, 2.24) is 10.2 Å². The molecule has 1 saturated heterocycles. The number of carbonyl (C=O) groups excluding carboxylic acids is 2. The van der Waals surface area contributed by atoms with Crippen LogP contribution >= 0.6 is 24.2 Å². The number of hydrogen-bond acceptors (Lipinski definition) is 4. The van der Waals surface area contributed by atoms with E-state index in [1.165, 1.54) is 11.0 Å². The van der Waals surface area contributed by atoms with Crippen molar-refractivity contribution in [2.24, 2.45) is 0 Å². The molecule has 0 aliphatic carbocycles. The fraction of sp³-hybridized carbons (Fsp3) is 0.500. The third-order valence-electron chi connectivity index (χ3n) is 3.72. The molecule has 1 aromatic rings. The van der Waals surface area contributed by atoms with Gasteiger partial charge in [0.2, 0.25) is 11.8 Å². The number of hydrogen-bond donors (Lipinski definition) is 2. The highest BCUT2D eigenvalue weighted by Gasteiger charge is 2.22. The maximum absolute atomic E-state index is 13.6. The number of benzene rings is 1. The first-order chi connectivity index (χ1) is 11.5. The van der Waals surface area contributed by atoms with Gasteiger partial charge in [-0.05, 0) is 19.1 Å². The van der Waals surface area contributed by atoms with E-state index in [1.54, 1.807) is 18.7 Å². The highest BCUT2D eigenvalue weighted by molar-refractivity contribution is 7.99. The summed E-state index contributed by atoms with van der Waals surface area (Å²) in [5.74, 6) is -0.585. The van der Waals surface area contributed by atoms with Crippen molar-refractivity contribution in [3.63, 3.8) is 0 Å². The highest BCUT2D eigenvalue weighted by atomic mass is 35.5. The van der Waals surface area contributed by atoms with Crippen LogP contribution in [0.4, 0.5) is 14.5 Å². The average Bonchev–Trinajstić information content (AvgIpc) is 2.57. The molecule has 0 radical (unpaired) electrons. The number of amides is 2. The first kappa shape index (κ1) is 21.7. The Morgan fingerprint density at radius 3 is 2.60 bits per heavy atom. The maximum Gasteiger partial charge on any atom is 0.244 e. The third-order valence-corrected chi connectivity index (χ3v) is 4.85. The van der Waals surface area contributed by atoms with E-state index in [4.69, 9.17) is 0 Å². The fourth-order valence-electron chi connectivity index (χ4n) is 2.44. The Morgan fingerprint density at radius 1 is 1.36 bits per heavy atom. The van der Waals surface area contributed by atoms with Gasteiger partial charge in [-0.2, -0.15) is 11.8 Å². The second kappa shape index (κ2) is 10.6. The number of likely N-dealkylation sites (N-methyl/N-ethyl adjacent to an activating group) is 1. The minimum Gasteiger partial charge on any atom is -0.334 e. The number of para-hydroxylation sites is 1. The summed E-state index contributed by atoms with van der Waals surface area (Å²) >= 11 is 1.79. The van der Waals surface area contributed by atoms with Crippen molar-refractivity contribution >= 4 is 41.7 Å². The normalized spacial score (nSPS) is 16.7. The summed E-state index contributed by atoms with van der Waals surface area (Å²) in [5.41, 5.74) is -0.489. The Kier molecular flexibility index (Phi) is 9.16. The van der Waals surface area contributed by atoms with Gasteiger partial charge < -0.3 is 15.5 Å². The Morgan fingerprint density at radius 2 is 2.04 bits per heavy atom. The first-order valence-electron chi connectivity index (χ1n) is 7.84. The number of anilines is 1. The third kappa shape index (κ3) is 6.45. The largest absolute Gasteiger partial charge is 0.334 e. The summed E-state index contributed by atoms with van der Waals surface area (Å²) in [6.07, 6.45) is 0.308. The van der Waals surface area contributed by atoms with Crippen LogP contribution in [0.5, 0.6) is 0 Å². The number of carbonyl (C=O) groups is 2. The van der Waals surface area contributed by atoms with E-state index in [-0.39, 0.29) is 30.9 Å². The van der Waals surface area contributed by atoms with Gasteiger partial charge in [-0.25, -0.2) is 8.78 Å². The molecule has 0 saturated carbocycles. The molecule has 9 heteroatoms. The Labute approximate surface area is 156 Å². The molecule has 2 amide bonds. The molecule has 0 aromatic heterocycles. The highest BCUT2D eigenvalue weighted by Crippen LogP contribution is 2.18. The molecule has 1 aliphatic rings. The number of rotatable bonds is 6. The second-order valence-electron chi connectivity index (χ2n) is 5.48. The van der Waals surface area contributed by atoms with Gasteiger partial charge in [-0.3, -0.25) is 9.59 Å². The fourth-order valence-corrected chi connectivity index (χ4v) is 3.39. The molecule has 1 aromatic carbocycles. The standard InChI is InChI=1S/C16H21F2N3O2S.ClH/c1-2-21(15(23)8-11-10-24-7-6-19-11)9-14(22)20-16-12(17)4-3-5-13(16)18;/h3-5,11,19H,2,6-10H2,1H3,(H,20,22);1H. The van der Waals surface area contributed by atoms with Crippen molar-refractivity contribution in [1.29, 1.82) is 0 Å². The topological polar surface area (TPSA) is 61.4 Å². The van der Waals surface area contributed by atoms with Crippen LogP contribution in [0.25, 0.3) is 0 Å². The number of nitrogens with one attached hydrogen (secondary N) is 2. The molecule has 2 N–H and O–H groups in total. The summed E-state index contributed by atoms with van der Waals surface area (Å²) in [4.78, 5) is 25.7. The summed E-state index contributed by atoms with van der Waals surface area (Å²) in [7, 11) is 0. The molecule has 5 nitrogen and oxygen atoms in total. The van der Waals surface area contributed by atoms with Crippen molar-refractivity contribution in [3.8, 4) is 0 Å². The van der Waals surface area contributed by atoms with Gasteiger partial charge in [-0.1, -0.05) is 6.07 Å². The van der Waals surface area contributed by atoms with Crippen molar-refractivity contribution in [2.75, 3.05) is 36.5 Å². The number of thioether (sulfide) groups is 1. The Hall–Kier alpha value is -1.38. The Bertz CT molecular complexity index is 580. The summed E-state index contributed by atoms with van der Waals surface area (Å²) in [6, 6.07) is 3.44. The zero-order chi connectivity index (χ0) is 17.5. The molecule has 1 heterocycles. The van der Waals surface area contributed by atoms with Crippen LogP contribution in [0.2, 0.25) is 0 Å². The molecule has 2 rings (SSSR count). The van der Waals surface area contributed by atoms with E-state index in [1.807, 2.05) is 0 Å². The lowest BCUT2D eigenvalue weighted by Crippen LogP contribution is -2.44. The van der Waals surface area contributed by atoms with E-state index in [0.29, 0.717) is 13.0 Å². The van der Waals surface area contributed by atoms with E-state index in [0.717, 1.165) is 30.2 Å². The molecule has 1 unspecified atom stereocenters. The smallest absolute Gasteiger partial charge is 0.244 e. The molecule has 1 aliphatic heterocycles. The maximum atomic E-state index is 13.6.